The van der Waals surface area contributed by atoms with Crippen molar-refractivity contribution in [2.75, 3.05) is 12.3 Å². The lowest BCUT2D eigenvalue weighted by atomic mass is 10.4. The van der Waals surface area contributed by atoms with E-state index in [1.54, 1.807) is 6.92 Å². The highest BCUT2D eigenvalue weighted by Gasteiger charge is 2.21. The van der Waals surface area contributed by atoms with Crippen LogP contribution >= 0.6 is 11.3 Å². The number of sulfone groups is 1. The number of aromatic nitrogens is 2. The Morgan fingerprint density at radius 1 is 1.35 bits per heavy atom. The first kappa shape index (κ1) is 14.0. The van der Waals surface area contributed by atoms with Crippen molar-refractivity contribution in [2.45, 2.75) is 31.0 Å². The molecule has 0 saturated heterocycles. The lowest BCUT2D eigenvalue weighted by molar-refractivity contribution is 0.0954. The van der Waals surface area contributed by atoms with Crippen LogP contribution in [0.25, 0.3) is 0 Å². The van der Waals surface area contributed by atoms with Crippen molar-refractivity contribution in [2.24, 2.45) is 0 Å². The Bertz CT molecular complexity index is 481. The fourth-order valence-corrected chi connectivity index (χ4v) is 3.58. The Labute approximate surface area is 104 Å². The van der Waals surface area contributed by atoms with E-state index in [0.29, 0.717) is 13.0 Å². The van der Waals surface area contributed by atoms with Gasteiger partial charge in [-0.2, -0.15) is 0 Å². The zero-order chi connectivity index (χ0) is 12.9. The van der Waals surface area contributed by atoms with Crippen LogP contribution in [0.1, 0.15) is 36.5 Å². The molecule has 0 aliphatic carbocycles. The van der Waals surface area contributed by atoms with Crippen LogP contribution in [0.5, 0.6) is 0 Å². The number of unbranched alkanes of at least 4 members (excludes halogenated alkanes) is 1. The van der Waals surface area contributed by atoms with Gasteiger partial charge in [-0.15, -0.1) is 10.2 Å². The average Bonchev–Trinajstić information content (AvgIpc) is 2.77. The average molecular weight is 277 g/mol. The Morgan fingerprint density at radius 2 is 2.06 bits per heavy atom. The van der Waals surface area contributed by atoms with Gasteiger partial charge in [-0.25, -0.2) is 8.42 Å². The summed E-state index contributed by atoms with van der Waals surface area (Å²) >= 11 is 0.816. The van der Waals surface area contributed by atoms with E-state index in [4.69, 9.17) is 0 Å². The van der Waals surface area contributed by atoms with E-state index in [-0.39, 0.29) is 21.0 Å². The molecule has 1 rings (SSSR count). The lowest BCUT2D eigenvalue weighted by Crippen LogP contribution is -2.22. The molecule has 0 radical (unpaired) electrons. The fraction of sp³-hybridized carbons (Fsp3) is 0.667. The monoisotopic (exact) mass is 277 g/mol. The Hall–Kier alpha value is -1.02. The number of amides is 1. The molecule has 0 atom stereocenters. The number of nitrogens with zero attached hydrogens (tertiary/aromatic N) is 2. The molecule has 0 bridgehead atoms. The van der Waals surface area contributed by atoms with Gasteiger partial charge in [0.15, 0.2) is 0 Å². The van der Waals surface area contributed by atoms with Crippen molar-refractivity contribution in [1.82, 2.24) is 15.5 Å². The highest BCUT2D eigenvalue weighted by Crippen LogP contribution is 2.17. The predicted octanol–water partition coefficient (Wildman–Crippen LogP) is 0.862. The van der Waals surface area contributed by atoms with Gasteiger partial charge < -0.3 is 5.32 Å². The quantitative estimate of drug-likeness (QED) is 0.833. The molecule has 0 aliphatic heterocycles. The van der Waals surface area contributed by atoms with E-state index >= 15 is 0 Å². The second-order valence-corrected chi connectivity index (χ2v) is 6.67. The SMILES string of the molecule is CCCCS(=O)(=O)c1nnc(C(=O)NCC)s1. The van der Waals surface area contributed by atoms with Gasteiger partial charge in [-0.1, -0.05) is 24.7 Å². The molecule has 96 valence electrons. The molecule has 0 aromatic carbocycles. The zero-order valence-electron chi connectivity index (χ0n) is 9.76. The highest BCUT2D eigenvalue weighted by molar-refractivity contribution is 7.93. The van der Waals surface area contributed by atoms with Crippen LogP contribution in [-0.2, 0) is 9.84 Å². The molecule has 0 saturated carbocycles. The molecule has 1 N–H and O–H groups in total. The molecule has 1 aromatic heterocycles. The van der Waals surface area contributed by atoms with Gasteiger partial charge in [-0.3, -0.25) is 4.79 Å². The van der Waals surface area contributed by atoms with Crippen LogP contribution in [0.4, 0.5) is 0 Å². The van der Waals surface area contributed by atoms with E-state index < -0.39 is 9.84 Å². The first-order valence-corrected chi connectivity index (χ1v) is 7.82. The molecule has 0 unspecified atom stereocenters. The minimum Gasteiger partial charge on any atom is -0.350 e. The summed E-state index contributed by atoms with van der Waals surface area (Å²) in [6.07, 6.45) is 1.37. The van der Waals surface area contributed by atoms with Gasteiger partial charge in [0.2, 0.25) is 19.2 Å². The normalized spacial score (nSPS) is 11.4. The maximum absolute atomic E-state index is 11.8. The van der Waals surface area contributed by atoms with E-state index in [2.05, 4.69) is 15.5 Å². The summed E-state index contributed by atoms with van der Waals surface area (Å²) < 4.78 is 23.4. The Morgan fingerprint density at radius 3 is 2.65 bits per heavy atom. The van der Waals surface area contributed by atoms with Crippen LogP contribution in [0.3, 0.4) is 0 Å². The van der Waals surface area contributed by atoms with Gasteiger partial charge >= 0.3 is 0 Å². The van der Waals surface area contributed by atoms with Gasteiger partial charge in [-0.05, 0) is 13.3 Å². The summed E-state index contributed by atoms with van der Waals surface area (Å²) in [6, 6.07) is 0. The molecular formula is C9H15N3O3S2. The van der Waals surface area contributed by atoms with Crippen molar-refractivity contribution in [1.29, 1.82) is 0 Å². The van der Waals surface area contributed by atoms with Crippen LogP contribution in [0, 0.1) is 0 Å². The third-order valence-electron chi connectivity index (χ3n) is 1.97. The standard InChI is InChI=1S/C9H15N3O3S2/c1-3-5-6-17(14,15)9-12-11-8(16-9)7(13)10-4-2/h3-6H2,1-2H3,(H,10,13). The maximum atomic E-state index is 11.8. The number of carbonyl (C=O) groups excluding carboxylic acids is 1. The topological polar surface area (TPSA) is 89.0 Å². The van der Waals surface area contributed by atoms with Gasteiger partial charge in [0, 0.05) is 6.54 Å². The van der Waals surface area contributed by atoms with Gasteiger partial charge in [0.25, 0.3) is 5.91 Å². The summed E-state index contributed by atoms with van der Waals surface area (Å²) in [6.45, 7) is 4.16. The zero-order valence-corrected chi connectivity index (χ0v) is 11.4. The first-order chi connectivity index (χ1) is 8.01. The predicted molar refractivity (Wildman–Crippen MR) is 64.9 cm³/mol. The summed E-state index contributed by atoms with van der Waals surface area (Å²) in [5.41, 5.74) is 0. The summed E-state index contributed by atoms with van der Waals surface area (Å²) in [5, 5.41) is 9.78. The molecular weight excluding hydrogens is 262 g/mol. The molecule has 1 amide bonds. The summed E-state index contributed by atoms with van der Waals surface area (Å²) in [4.78, 5) is 11.4. The number of carbonyl (C=O) groups is 1. The summed E-state index contributed by atoms with van der Waals surface area (Å²) in [7, 11) is -3.39. The Balaban J connectivity index is 2.84. The summed E-state index contributed by atoms with van der Waals surface area (Å²) in [5.74, 6) is -0.338. The van der Waals surface area contributed by atoms with E-state index in [1.807, 2.05) is 6.92 Å². The Kier molecular flexibility index (Phi) is 5.01. The van der Waals surface area contributed by atoms with Crippen molar-refractivity contribution < 1.29 is 13.2 Å². The minimum atomic E-state index is -3.39. The molecule has 1 heterocycles. The lowest BCUT2D eigenvalue weighted by Gasteiger charge is -1.97. The van der Waals surface area contributed by atoms with E-state index in [9.17, 15) is 13.2 Å². The van der Waals surface area contributed by atoms with Crippen molar-refractivity contribution in [3.05, 3.63) is 5.01 Å². The van der Waals surface area contributed by atoms with E-state index in [1.165, 1.54) is 0 Å². The van der Waals surface area contributed by atoms with E-state index in [0.717, 1.165) is 17.8 Å². The highest BCUT2D eigenvalue weighted by atomic mass is 32.2. The van der Waals surface area contributed by atoms with Crippen LogP contribution in [0.15, 0.2) is 4.34 Å². The second-order valence-electron chi connectivity index (χ2n) is 3.41. The number of hydrogen-bond acceptors (Lipinski definition) is 6. The molecule has 0 spiro atoms. The van der Waals surface area contributed by atoms with Crippen molar-refractivity contribution >= 4 is 27.1 Å². The molecule has 0 aliphatic rings. The third kappa shape index (κ3) is 3.74. The largest absolute Gasteiger partial charge is 0.350 e. The molecule has 17 heavy (non-hydrogen) atoms. The molecule has 1 aromatic rings. The second kappa shape index (κ2) is 6.06. The number of rotatable bonds is 6. The number of nitrogens with one attached hydrogen (secondary N) is 1. The molecule has 0 fully saturated rings. The van der Waals surface area contributed by atoms with Crippen LogP contribution in [-0.4, -0.2) is 36.8 Å². The fourth-order valence-electron chi connectivity index (χ4n) is 1.09. The van der Waals surface area contributed by atoms with Gasteiger partial charge in [0.05, 0.1) is 5.75 Å². The number of hydrogen-bond donors (Lipinski definition) is 1. The van der Waals surface area contributed by atoms with Crippen molar-refractivity contribution in [3.63, 3.8) is 0 Å². The van der Waals surface area contributed by atoms with Gasteiger partial charge in [0.1, 0.15) is 0 Å². The van der Waals surface area contributed by atoms with Crippen LogP contribution in [0.2, 0.25) is 0 Å². The molecule has 8 heteroatoms. The molecule has 6 nitrogen and oxygen atoms in total. The smallest absolute Gasteiger partial charge is 0.282 e. The minimum absolute atomic E-state index is 0.0491. The maximum Gasteiger partial charge on any atom is 0.282 e. The van der Waals surface area contributed by atoms with Crippen molar-refractivity contribution in [3.8, 4) is 0 Å². The van der Waals surface area contributed by atoms with Crippen LogP contribution < -0.4 is 5.32 Å². The first-order valence-electron chi connectivity index (χ1n) is 5.35. The third-order valence-corrected chi connectivity index (χ3v) is 5.14.